The Hall–Kier alpha value is -1.75. The molecule has 4 N–H and O–H groups in total. The van der Waals surface area contributed by atoms with Gasteiger partial charge in [0.15, 0.2) is 5.75 Å². The van der Waals surface area contributed by atoms with Crippen LogP contribution in [0.5, 0.6) is 5.75 Å². The van der Waals surface area contributed by atoms with E-state index in [4.69, 9.17) is 5.73 Å². The number of nitrogens with two attached hydrogens (primary N) is 1. The molecule has 2 rings (SSSR count). The predicted octanol–water partition coefficient (Wildman–Crippen LogP) is 0.181. The van der Waals surface area contributed by atoms with Gasteiger partial charge in [-0.3, -0.25) is 4.79 Å². The van der Waals surface area contributed by atoms with E-state index in [1.165, 1.54) is 17.0 Å². The second-order valence-corrected chi connectivity index (χ2v) is 3.94. The van der Waals surface area contributed by atoms with Crippen LogP contribution in [-0.4, -0.2) is 40.2 Å². The Morgan fingerprint density at radius 2 is 2.25 bits per heavy atom. The molecule has 86 valence electrons. The number of para-hydroxylation sites is 1. The molecule has 16 heavy (non-hydrogen) atoms. The molecule has 0 aromatic heterocycles. The Balaban J connectivity index is 2.24. The van der Waals surface area contributed by atoms with E-state index >= 15 is 0 Å². The maximum Gasteiger partial charge on any atom is 0.257 e. The molecule has 0 saturated carbocycles. The standard InChI is InChI=1S/C11H14N2O3/c12-9-3-1-2-8(10(9)15)11(16)13-5-4-7(14)6-13/h1-3,7,14-15H,4-6,12H2/t7-/m0/s1. The van der Waals surface area contributed by atoms with E-state index in [-0.39, 0.29) is 22.9 Å². The normalized spacial score (nSPS) is 20.1. The number of hydrogen-bond donors (Lipinski definition) is 3. The van der Waals surface area contributed by atoms with Crippen LogP contribution in [-0.2, 0) is 0 Å². The van der Waals surface area contributed by atoms with Gasteiger partial charge >= 0.3 is 0 Å². The Morgan fingerprint density at radius 1 is 1.50 bits per heavy atom. The monoisotopic (exact) mass is 222 g/mol. The lowest BCUT2D eigenvalue weighted by atomic mass is 10.1. The second-order valence-electron chi connectivity index (χ2n) is 3.94. The number of nitrogens with zero attached hydrogens (tertiary/aromatic N) is 1. The number of β-amino-alcohol motifs (C(OH)–C–C–N with tert-alkyl or cyclic N) is 1. The number of nitrogen functional groups attached to an aromatic ring is 1. The minimum atomic E-state index is -0.466. The van der Waals surface area contributed by atoms with Crippen molar-refractivity contribution >= 4 is 11.6 Å². The summed E-state index contributed by atoms with van der Waals surface area (Å²) in [6.45, 7) is 0.821. The van der Waals surface area contributed by atoms with E-state index in [1.54, 1.807) is 6.07 Å². The van der Waals surface area contributed by atoms with Gasteiger partial charge < -0.3 is 20.8 Å². The van der Waals surface area contributed by atoms with Crippen LogP contribution < -0.4 is 5.73 Å². The van der Waals surface area contributed by atoms with Crippen LogP contribution in [0.2, 0.25) is 0 Å². The molecule has 0 radical (unpaired) electrons. The summed E-state index contributed by atoms with van der Waals surface area (Å²) in [6.07, 6.45) is 0.113. The van der Waals surface area contributed by atoms with E-state index < -0.39 is 6.10 Å². The zero-order chi connectivity index (χ0) is 11.7. The molecule has 1 aromatic carbocycles. The van der Waals surface area contributed by atoms with Crippen LogP contribution in [0, 0.1) is 0 Å². The highest BCUT2D eigenvalue weighted by molar-refractivity contribution is 5.98. The molecule has 1 saturated heterocycles. The van der Waals surface area contributed by atoms with Crippen LogP contribution in [0.25, 0.3) is 0 Å². The Morgan fingerprint density at radius 3 is 2.88 bits per heavy atom. The van der Waals surface area contributed by atoms with Gasteiger partial charge in [-0.25, -0.2) is 0 Å². The minimum Gasteiger partial charge on any atom is -0.505 e. The second kappa shape index (κ2) is 4.02. The third-order valence-corrected chi connectivity index (χ3v) is 2.75. The van der Waals surface area contributed by atoms with Crippen molar-refractivity contribution in [2.24, 2.45) is 0 Å². The first-order valence-electron chi connectivity index (χ1n) is 5.14. The van der Waals surface area contributed by atoms with Gasteiger partial charge in [-0.2, -0.15) is 0 Å². The van der Waals surface area contributed by atoms with Gasteiger partial charge in [0, 0.05) is 13.1 Å². The largest absolute Gasteiger partial charge is 0.505 e. The van der Waals surface area contributed by atoms with Crippen molar-refractivity contribution in [3.63, 3.8) is 0 Å². The highest BCUT2D eigenvalue weighted by atomic mass is 16.3. The number of aliphatic hydroxyl groups is 1. The van der Waals surface area contributed by atoms with Gasteiger partial charge in [-0.15, -0.1) is 0 Å². The summed E-state index contributed by atoms with van der Waals surface area (Å²) in [7, 11) is 0. The number of aromatic hydroxyl groups is 1. The summed E-state index contributed by atoms with van der Waals surface area (Å²) < 4.78 is 0. The fraction of sp³-hybridized carbons (Fsp3) is 0.364. The molecule has 1 aromatic rings. The lowest BCUT2D eigenvalue weighted by Gasteiger charge is -2.16. The molecule has 0 bridgehead atoms. The summed E-state index contributed by atoms with van der Waals surface area (Å²) in [6, 6.07) is 4.68. The van der Waals surface area contributed by atoms with Crippen molar-refractivity contribution < 1.29 is 15.0 Å². The van der Waals surface area contributed by atoms with Gasteiger partial charge in [0.2, 0.25) is 0 Å². The fourth-order valence-corrected chi connectivity index (χ4v) is 1.83. The zero-order valence-corrected chi connectivity index (χ0v) is 8.76. The number of anilines is 1. The average Bonchev–Trinajstić information content (AvgIpc) is 2.68. The van der Waals surface area contributed by atoms with Crippen LogP contribution in [0.15, 0.2) is 18.2 Å². The quantitative estimate of drug-likeness (QED) is 0.467. The summed E-state index contributed by atoms with van der Waals surface area (Å²) in [4.78, 5) is 13.5. The van der Waals surface area contributed by atoms with Gasteiger partial charge in [-0.05, 0) is 18.6 Å². The van der Waals surface area contributed by atoms with E-state index in [2.05, 4.69) is 0 Å². The number of likely N-dealkylation sites (tertiary alicyclic amines) is 1. The predicted molar refractivity (Wildman–Crippen MR) is 59.0 cm³/mol. The van der Waals surface area contributed by atoms with Crippen LogP contribution in [0.4, 0.5) is 5.69 Å². The van der Waals surface area contributed by atoms with E-state index in [0.29, 0.717) is 19.5 Å². The first kappa shape index (κ1) is 10.8. The summed E-state index contributed by atoms with van der Waals surface area (Å²) in [5.41, 5.74) is 5.89. The molecule has 1 atom stereocenters. The SMILES string of the molecule is Nc1cccc(C(=O)N2CC[C@H](O)C2)c1O. The first-order valence-corrected chi connectivity index (χ1v) is 5.14. The third-order valence-electron chi connectivity index (χ3n) is 2.75. The molecular weight excluding hydrogens is 208 g/mol. The summed E-state index contributed by atoms with van der Waals surface area (Å²) >= 11 is 0. The minimum absolute atomic E-state index is 0.186. The van der Waals surface area contributed by atoms with Crippen LogP contribution >= 0.6 is 0 Å². The molecule has 1 aliphatic rings. The Labute approximate surface area is 93.1 Å². The molecule has 1 heterocycles. The maximum atomic E-state index is 12.0. The number of amides is 1. The van der Waals surface area contributed by atoms with Gasteiger partial charge in [0.05, 0.1) is 17.4 Å². The molecule has 0 unspecified atom stereocenters. The Bertz CT molecular complexity index is 420. The molecule has 5 nitrogen and oxygen atoms in total. The number of hydrogen-bond acceptors (Lipinski definition) is 4. The molecule has 0 spiro atoms. The number of phenolic OH excluding ortho intramolecular Hbond substituents is 1. The number of rotatable bonds is 1. The third kappa shape index (κ3) is 1.81. The Kier molecular flexibility index (Phi) is 2.70. The summed E-state index contributed by atoms with van der Waals surface area (Å²) in [5.74, 6) is -0.477. The van der Waals surface area contributed by atoms with E-state index in [1.807, 2.05) is 0 Å². The van der Waals surface area contributed by atoms with Crippen molar-refractivity contribution in [2.45, 2.75) is 12.5 Å². The van der Waals surface area contributed by atoms with Crippen LogP contribution in [0.3, 0.4) is 0 Å². The number of carbonyl (C=O) groups is 1. The van der Waals surface area contributed by atoms with Gasteiger partial charge in [-0.1, -0.05) is 6.07 Å². The van der Waals surface area contributed by atoms with Crippen molar-refractivity contribution in [3.8, 4) is 5.75 Å². The van der Waals surface area contributed by atoms with Crippen molar-refractivity contribution in [2.75, 3.05) is 18.8 Å². The van der Waals surface area contributed by atoms with Crippen molar-refractivity contribution in [3.05, 3.63) is 23.8 Å². The number of aliphatic hydroxyl groups excluding tert-OH is 1. The van der Waals surface area contributed by atoms with Gasteiger partial charge in [0.25, 0.3) is 5.91 Å². The maximum absolute atomic E-state index is 12.0. The van der Waals surface area contributed by atoms with Crippen molar-refractivity contribution in [1.82, 2.24) is 4.90 Å². The molecule has 1 amide bonds. The van der Waals surface area contributed by atoms with E-state index in [9.17, 15) is 15.0 Å². The fourth-order valence-electron chi connectivity index (χ4n) is 1.83. The molecule has 1 aliphatic heterocycles. The summed E-state index contributed by atoms with van der Waals surface area (Å²) in [5, 5.41) is 19.0. The lowest BCUT2D eigenvalue weighted by Crippen LogP contribution is -2.29. The molecule has 1 fully saturated rings. The smallest absolute Gasteiger partial charge is 0.257 e. The first-order chi connectivity index (χ1) is 7.59. The van der Waals surface area contributed by atoms with Crippen LogP contribution in [0.1, 0.15) is 16.8 Å². The highest BCUT2D eigenvalue weighted by Crippen LogP contribution is 2.26. The lowest BCUT2D eigenvalue weighted by molar-refractivity contribution is 0.0762. The molecule has 5 heteroatoms. The van der Waals surface area contributed by atoms with E-state index in [0.717, 1.165) is 0 Å². The average molecular weight is 222 g/mol. The van der Waals surface area contributed by atoms with Crippen molar-refractivity contribution in [1.29, 1.82) is 0 Å². The number of phenols is 1. The number of benzene rings is 1. The topological polar surface area (TPSA) is 86.8 Å². The molecule has 0 aliphatic carbocycles. The zero-order valence-electron chi connectivity index (χ0n) is 8.76. The molecular formula is C11H14N2O3. The number of carbonyl (C=O) groups excluding carboxylic acids is 1. The highest BCUT2D eigenvalue weighted by Gasteiger charge is 2.27. The van der Waals surface area contributed by atoms with Gasteiger partial charge in [0.1, 0.15) is 0 Å².